The molecule has 1 N–H and O–H groups in total. The number of aromatic nitrogens is 3. The molecule has 0 spiro atoms. The van der Waals surface area contributed by atoms with Gasteiger partial charge in [0.25, 0.3) is 11.6 Å². The van der Waals surface area contributed by atoms with Crippen LogP contribution in [0.3, 0.4) is 0 Å². The zero-order valence-electron chi connectivity index (χ0n) is 17.7. The molecule has 1 aliphatic heterocycles. The quantitative estimate of drug-likeness (QED) is 0.309. The van der Waals surface area contributed by atoms with Gasteiger partial charge in [0.1, 0.15) is 0 Å². The number of anilines is 3. The monoisotopic (exact) mass is 446 g/mol. The first-order valence-electron chi connectivity index (χ1n) is 10.4. The molecule has 0 amide bonds. The zero-order valence-corrected chi connectivity index (χ0v) is 17.7. The summed E-state index contributed by atoms with van der Waals surface area (Å²) >= 11 is 0. The van der Waals surface area contributed by atoms with Crippen LogP contribution in [0.4, 0.5) is 29.2 Å². The number of nitro groups is 1. The van der Waals surface area contributed by atoms with E-state index >= 15 is 0 Å². The van der Waals surface area contributed by atoms with Crippen molar-refractivity contribution < 1.29 is 9.66 Å². The number of hydrogen-bond donors (Lipinski definition) is 1. The Morgan fingerprint density at radius 2 is 1.82 bits per heavy atom. The number of benzene rings is 2. The van der Waals surface area contributed by atoms with Crippen LogP contribution in [-0.2, 0) is 11.2 Å². The minimum Gasteiger partial charge on any atom is -0.378 e. The molecular weight excluding hydrogens is 424 g/mol. The molecule has 4 rings (SSSR count). The maximum atomic E-state index is 10.9. The number of hydrogen-bond acceptors (Lipinski definition) is 10. The van der Waals surface area contributed by atoms with Crippen molar-refractivity contribution in [3.63, 3.8) is 0 Å². The van der Waals surface area contributed by atoms with E-state index in [0.29, 0.717) is 37.9 Å². The summed E-state index contributed by atoms with van der Waals surface area (Å²) in [7, 11) is 0. The number of nitro benzene ring substituents is 1. The zero-order chi connectivity index (χ0) is 22.9. The lowest BCUT2D eigenvalue weighted by atomic mass is 10.1. The van der Waals surface area contributed by atoms with Crippen LogP contribution >= 0.6 is 0 Å². The Balaban J connectivity index is 1.51. The molecular formula is C22H22N8O3. The molecule has 0 atom stereocenters. The maximum Gasteiger partial charge on any atom is 0.275 e. The summed E-state index contributed by atoms with van der Waals surface area (Å²) in [6.45, 7) is 2.45. The fourth-order valence-electron chi connectivity index (χ4n) is 3.09. The lowest BCUT2D eigenvalue weighted by Gasteiger charge is -2.26. The van der Waals surface area contributed by atoms with Gasteiger partial charge in [-0.2, -0.15) is 20.1 Å². The van der Waals surface area contributed by atoms with Gasteiger partial charge in [0, 0.05) is 37.1 Å². The molecule has 1 fully saturated rings. The van der Waals surface area contributed by atoms with Crippen molar-refractivity contribution in [3.8, 4) is 0 Å². The molecule has 0 aliphatic carbocycles. The fraction of sp³-hybridized carbons (Fsp3) is 0.227. The minimum atomic E-state index is -0.451. The van der Waals surface area contributed by atoms with E-state index in [-0.39, 0.29) is 17.6 Å². The Hall–Kier alpha value is -4.25. The van der Waals surface area contributed by atoms with Gasteiger partial charge in [-0.1, -0.05) is 36.4 Å². The summed E-state index contributed by atoms with van der Waals surface area (Å²) in [5.74, 6) is 0.878. The highest BCUT2D eigenvalue weighted by molar-refractivity contribution is 5.57. The molecule has 0 unspecified atom stereocenters. The number of azo groups is 1. The SMILES string of the molecule is O=[N+]([O-])c1ccc(Nc2nc(N=NC=CCc3ccccc3)nc(N3CCOCC3)n2)cc1. The van der Waals surface area contributed by atoms with Gasteiger partial charge >= 0.3 is 0 Å². The molecule has 168 valence electrons. The fourth-order valence-corrected chi connectivity index (χ4v) is 3.09. The highest BCUT2D eigenvalue weighted by Crippen LogP contribution is 2.22. The molecule has 2 aromatic carbocycles. The van der Waals surface area contributed by atoms with Gasteiger partial charge in [-0.05, 0) is 24.1 Å². The number of non-ortho nitro benzene ring substituents is 1. The van der Waals surface area contributed by atoms with Crippen molar-refractivity contribution in [1.82, 2.24) is 15.0 Å². The van der Waals surface area contributed by atoms with Crippen LogP contribution < -0.4 is 10.2 Å². The number of nitrogens with zero attached hydrogens (tertiary/aromatic N) is 7. The van der Waals surface area contributed by atoms with Crippen LogP contribution in [0.5, 0.6) is 0 Å². The Morgan fingerprint density at radius 1 is 1.06 bits per heavy atom. The molecule has 2 heterocycles. The third kappa shape index (κ3) is 6.37. The van der Waals surface area contributed by atoms with Crippen LogP contribution in [0.2, 0.25) is 0 Å². The van der Waals surface area contributed by atoms with Crippen molar-refractivity contribution in [1.29, 1.82) is 0 Å². The smallest absolute Gasteiger partial charge is 0.275 e. The van der Waals surface area contributed by atoms with Crippen molar-refractivity contribution >= 4 is 29.2 Å². The summed E-state index contributed by atoms with van der Waals surface area (Å²) in [6, 6.07) is 16.0. The normalized spacial score (nSPS) is 14.1. The van der Waals surface area contributed by atoms with E-state index in [9.17, 15) is 10.1 Å². The lowest BCUT2D eigenvalue weighted by Crippen LogP contribution is -2.37. The molecule has 0 saturated carbocycles. The van der Waals surface area contributed by atoms with Crippen LogP contribution in [0.15, 0.2) is 77.1 Å². The minimum absolute atomic E-state index is 0.00183. The van der Waals surface area contributed by atoms with Crippen LogP contribution in [0.1, 0.15) is 5.56 Å². The molecule has 3 aromatic rings. The summed E-state index contributed by atoms with van der Waals surface area (Å²) in [6.07, 6.45) is 4.25. The summed E-state index contributed by atoms with van der Waals surface area (Å²) in [5, 5.41) is 22.1. The predicted molar refractivity (Wildman–Crippen MR) is 123 cm³/mol. The summed E-state index contributed by atoms with van der Waals surface area (Å²) in [5.41, 5.74) is 1.78. The first-order valence-corrected chi connectivity index (χ1v) is 10.4. The largest absolute Gasteiger partial charge is 0.378 e. The molecule has 1 aliphatic rings. The number of allylic oxidation sites excluding steroid dienone is 1. The van der Waals surface area contributed by atoms with E-state index in [1.165, 1.54) is 17.7 Å². The predicted octanol–water partition coefficient (Wildman–Crippen LogP) is 4.20. The highest BCUT2D eigenvalue weighted by Gasteiger charge is 2.17. The van der Waals surface area contributed by atoms with Gasteiger partial charge in [-0.15, -0.1) is 5.11 Å². The van der Waals surface area contributed by atoms with Gasteiger partial charge in [0.05, 0.1) is 18.1 Å². The van der Waals surface area contributed by atoms with Crippen molar-refractivity contribution in [3.05, 3.63) is 82.6 Å². The molecule has 33 heavy (non-hydrogen) atoms. The van der Waals surface area contributed by atoms with Gasteiger partial charge in [0.15, 0.2) is 0 Å². The van der Waals surface area contributed by atoms with E-state index in [4.69, 9.17) is 4.74 Å². The van der Waals surface area contributed by atoms with E-state index in [1.54, 1.807) is 18.3 Å². The van der Waals surface area contributed by atoms with E-state index < -0.39 is 4.92 Å². The summed E-state index contributed by atoms with van der Waals surface area (Å²) < 4.78 is 5.40. The van der Waals surface area contributed by atoms with E-state index in [1.807, 2.05) is 41.3 Å². The van der Waals surface area contributed by atoms with Crippen LogP contribution in [0.25, 0.3) is 0 Å². The van der Waals surface area contributed by atoms with Gasteiger partial charge < -0.3 is 15.0 Å². The number of rotatable bonds is 8. The van der Waals surface area contributed by atoms with E-state index in [0.717, 1.165) is 6.42 Å². The molecule has 11 nitrogen and oxygen atoms in total. The Kier molecular flexibility index (Phi) is 7.23. The highest BCUT2D eigenvalue weighted by atomic mass is 16.6. The third-order valence-electron chi connectivity index (χ3n) is 4.76. The van der Waals surface area contributed by atoms with Crippen molar-refractivity contribution in [2.24, 2.45) is 10.2 Å². The van der Waals surface area contributed by atoms with Crippen molar-refractivity contribution in [2.75, 3.05) is 36.5 Å². The second-order valence-electron chi connectivity index (χ2n) is 7.08. The topological polar surface area (TPSA) is 131 Å². The van der Waals surface area contributed by atoms with E-state index in [2.05, 4.69) is 30.5 Å². The molecule has 0 bridgehead atoms. The molecule has 0 radical (unpaired) electrons. The second-order valence-corrected chi connectivity index (χ2v) is 7.08. The Labute approximate surface area is 190 Å². The standard InChI is InChI=1S/C22H22N8O3/c31-30(32)19-10-8-18(9-11-19)24-20-25-21(27-22(26-20)29-13-15-33-16-14-29)28-23-12-4-7-17-5-2-1-3-6-17/h1-6,8-12H,7,13-16H2,(H,24,25,26,27). The Bertz CT molecular complexity index is 1130. The van der Waals surface area contributed by atoms with Gasteiger partial charge in [-0.25, -0.2) is 0 Å². The van der Waals surface area contributed by atoms with Crippen LogP contribution in [-0.4, -0.2) is 46.2 Å². The first-order chi connectivity index (χ1) is 16.2. The molecule has 1 aromatic heterocycles. The maximum absolute atomic E-state index is 10.9. The van der Waals surface area contributed by atoms with Crippen LogP contribution in [0, 0.1) is 10.1 Å². The molecule has 1 saturated heterocycles. The average Bonchev–Trinajstić information content (AvgIpc) is 2.85. The molecule has 11 heteroatoms. The second kappa shape index (κ2) is 10.9. The van der Waals surface area contributed by atoms with Gasteiger partial charge in [-0.3, -0.25) is 10.1 Å². The lowest BCUT2D eigenvalue weighted by molar-refractivity contribution is -0.384. The van der Waals surface area contributed by atoms with Crippen molar-refractivity contribution in [2.45, 2.75) is 6.42 Å². The Morgan fingerprint density at radius 3 is 2.55 bits per heavy atom. The van der Waals surface area contributed by atoms with Gasteiger partial charge in [0.2, 0.25) is 11.9 Å². The summed E-state index contributed by atoms with van der Waals surface area (Å²) in [4.78, 5) is 25.6. The number of ether oxygens (including phenoxy) is 1. The first kappa shape index (κ1) is 22.0. The number of morpholine rings is 1. The average molecular weight is 446 g/mol. The third-order valence-corrected chi connectivity index (χ3v) is 4.76. The number of nitrogens with one attached hydrogen (secondary N) is 1.